The minimum absolute atomic E-state index is 0.102. The van der Waals surface area contributed by atoms with Crippen LogP contribution in [0.5, 0.6) is 0 Å². The summed E-state index contributed by atoms with van der Waals surface area (Å²) in [5, 5.41) is 4.91. The van der Waals surface area contributed by atoms with E-state index in [1.54, 1.807) is 0 Å². The average Bonchev–Trinajstić information content (AvgIpc) is 2.73. The monoisotopic (exact) mass is 260 g/mol. The van der Waals surface area contributed by atoms with E-state index in [1.165, 1.54) is 29.4 Å². The lowest BCUT2D eigenvalue weighted by Crippen LogP contribution is -2.42. The second-order valence-corrected chi connectivity index (χ2v) is 4.45. The predicted octanol–water partition coefficient (Wildman–Crippen LogP) is -0.331. The molecule has 0 radical (unpaired) electrons. The van der Waals surface area contributed by atoms with Crippen LogP contribution in [0.15, 0.2) is 31.4 Å². The molecule has 2 N–H and O–H groups in total. The Morgan fingerprint density at radius 3 is 2.82 bits per heavy atom. The van der Waals surface area contributed by atoms with E-state index in [9.17, 15) is 13.2 Å². The zero-order chi connectivity index (χ0) is 12.9. The van der Waals surface area contributed by atoms with Crippen molar-refractivity contribution >= 4 is 16.3 Å². The molecule has 1 rings (SSSR count). The zero-order valence-electron chi connectivity index (χ0n) is 8.89. The molecule has 0 unspecified atom stereocenters. The van der Waals surface area contributed by atoms with Gasteiger partial charge in [-0.25, -0.2) is 14.9 Å². The molecule has 0 aliphatic heterocycles. The van der Waals surface area contributed by atoms with Gasteiger partial charge in [0.05, 0.1) is 6.33 Å². The minimum atomic E-state index is -4.19. The maximum absolute atomic E-state index is 11.4. The van der Waals surface area contributed by atoms with Crippen molar-refractivity contribution in [3.63, 3.8) is 0 Å². The molecular weight excluding hydrogens is 248 g/mol. The molecule has 0 aromatic carbocycles. The number of amides is 1. The summed E-state index contributed by atoms with van der Waals surface area (Å²) in [6.07, 6.45) is 4.52. The number of imidazole rings is 1. The Bertz CT molecular complexity index is 482. The SMILES string of the molecule is C=CCOC(=O)N(Cn1ccnc1)S(N)(=O)=O. The molecule has 94 valence electrons. The van der Waals surface area contributed by atoms with E-state index in [2.05, 4.69) is 16.3 Å². The predicted molar refractivity (Wildman–Crippen MR) is 58.7 cm³/mol. The summed E-state index contributed by atoms with van der Waals surface area (Å²) in [6.45, 7) is 2.94. The normalized spacial score (nSPS) is 10.9. The summed E-state index contributed by atoms with van der Waals surface area (Å²) in [5.41, 5.74) is 0. The van der Waals surface area contributed by atoms with E-state index in [0.29, 0.717) is 4.31 Å². The lowest BCUT2D eigenvalue weighted by Gasteiger charge is -2.19. The van der Waals surface area contributed by atoms with Crippen molar-refractivity contribution in [1.82, 2.24) is 13.9 Å². The van der Waals surface area contributed by atoms with E-state index in [0.717, 1.165) is 0 Å². The summed E-state index contributed by atoms with van der Waals surface area (Å²) in [4.78, 5) is 15.1. The molecule has 0 aliphatic carbocycles. The van der Waals surface area contributed by atoms with Crippen LogP contribution in [0, 0.1) is 0 Å². The van der Waals surface area contributed by atoms with Crippen LogP contribution in [0.3, 0.4) is 0 Å². The first-order chi connectivity index (χ1) is 7.95. The van der Waals surface area contributed by atoms with Gasteiger partial charge in [-0.3, -0.25) is 0 Å². The van der Waals surface area contributed by atoms with E-state index >= 15 is 0 Å². The number of hydrogen-bond acceptors (Lipinski definition) is 5. The summed E-state index contributed by atoms with van der Waals surface area (Å²) in [6, 6.07) is 0. The van der Waals surface area contributed by atoms with Crippen molar-refractivity contribution in [2.24, 2.45) is 5.14 Å². The topological polar surface area (TPSA) is 108 Å². The molecule has 1 aromatic rings. The first-order valence-corrected chi connectivity index (χ1v) is 5.99. The van der Waals surface area contributed by atoms with Crippen LogP contribution in [0.2, 0.25) is 0 Å². The van der Waals surface area contributed by atoms with Crippen molar-refractivity contribution in [3.05, 3.63) is 31.4 Å². The van der Waals surface area contributed by atoms with E-state index < -0.39 is 16.3 Å². The highest BCUT2D eigenvalue weighted by atomic mass is 32.2. The summed E-state index contributed by atoms with van der Waals surface area (Å²) >= 11 is 0. The number of nitrogens with zero attached hydrogens (tertiary/aromatic N) is 3. The summed E-state index contributed by atoms with van der Waals surface area (Å²) in [5.74, 6) is 0. The van der Waals surface area contributed by atoms with Crippen LogP contribution in [-0.2, 0) is 21.6 Å². The zero-order valence-corrected chi connectivity index (χ0v) is 9.71. The fourth-order valence-electron chi connectivity index (χ4n) is 0.963. The molecular formula is C8H12N4O4S. The van der Waals surface area contributed by atoms with Gasteiger partial charge in [0.1, 0.15) is 13.3 Å². The van der Waals surface area contributed by atoms with Crippen molar-refractivity contribution < 1.29 is 17.9 Å². The van der Waals surface area contributed by atoms with Crippen molar-refractivity contribution in [2.45, 2.75) is 6.67 Å². The first-order valence-electron chi connectivity index (χ1n) is 4.49. The fraction of sp³-hybridized carbons (Fsp3) is 0.250. The van der Waals surface area contributed by atoms with Gasteiger partial charge in [0.15, 0.2) is 0 Å². The molecule has 17 heavy (non-hydrogen) atoms. The van der Waals surface area contributed by atoms with Crippen molar-refractivity contribution in [3.8, 4) is 0 Å². The Hall–Kier alpha value is -1.87. The molecule has 0 atom stereocenters. The maximum atomic E-state index is 11.4. The highest BCUT2D eigenvalue weighted by Gasteiger charge is 2.25. The Morgan fingerprint density at radius 2 is 2.35 bits per heavy atom. The number of rotatable bonds is 5. The number of aromatic nitrogens is 2. The molecule has 1 amide bonds. The third-order valence-corrected chi connectivity index (χ3v) is 2.57. The summed E-state index contributed by atoms with van der Waals surface area (Å²) in [7, 11) is -4.19. The van der Waals surface area contributed by atoms with Gasteiger partial charge < -0.3 is 9.30 Å². The van der Waals surface area contributed by atoms with Crippen molar-refractivity contribution in [1.29, 1.82) is 0 Å². The highest BCUT2D eigenvalue weighted by Crippen LogP contribution is 2.02. The highest BCUT2D eigenvalue weighted by molar-refractivity contribution is 7.87. The largest absolute Gasteiger partial charge is 0.444 e. The molecule has 9 heteroatoms. The summed E-state index contributed by atoms with van der Waals surface area (Å²) < 4.78 is 28.8. The third kappa shape index (κ3) is 3.89. The van der Waals surface area contributed by atoms with E-state index in [-0.39, 0.29) is 13.3 Å². The number of ether oxygens (including phenoxy) is 1. The maximum Gasteiger partial charge on any atom is 0.426 e. The van der Waals surface area contributed by atoms with Crippen LogP contribution >= 0.6 is 0 Å². The number of nitrogens with two attached hydrogens (primary N) is 1. The van der Waals surface area contributed by atoms with Crippen LogP contribution in [0.25, 0.3) is 0 Å². The Morgan fingerprint density at radius 1 is 1.65 bits per heavy atom. The Labute approximate surface area is 98.5 Å². The molecule has 1 heterocycles. The van der Waals surface area contributed by atoms with Crippen LogP contribution in [-0.4, -0.2) is 35.0 Å². The number of hydrogen-bond donors (Lipinski definition) is 1. The first kappa shape index (κ1) is 13.2. The Balaban J connectivity index is 2.81. The number of carbonyl (C=O) groups excluding carboxylic acids is 1. The lowest BCUT2D eigenvalue weighted by atomic mass is 10.7. The molecule has 0 saturated carbocycles. The quantitative estimate of drug-likeness (QED) is 0.729. The third-order valence-electron chi connectivity index (χ3n) is 1.69. The van der Waals surface area contributed by atoms with Gasteiger partial charge in [0.2, 0.25) is 0 Å². The lowest BCUT2D eigenvalue weighted by molar-refractivity contribution is 0.130. The van der Waals surface area contributed by atoms with Gasteiger partial charge in [-0.2, -0.15) is 12.7 Å². The molecule has 0 fully saturated rings. The van der Waals surface area contributed by atoms with Crippen molar-refractivity contribution in [2.75, 3.05) is 6.61 Å². The molecule has 8 nitrogen and oxygen atoms in total. The van der Waals surface area contributed by atoms with Crippen LogP contribution in [0.4, 0.5) is 4.79 Å². The molecule has 0 bridgehead atoms. The smallest absolute Gasteiger partial charge is 0.426 e. The van der Waals surface area contributed by atoms with Gasteiger partial charge >= 0.3 is 16.3 Å². The van der Waals surface area contributed by atoms with Gasteiger partial charge in [-0.1, -0.05) is 12.7 Å². The number of carbonyl (C=O) groups is 1. The second-order valence-electron chi connectivity index (χ2n) is 2.98. The van der Waals surface area contributed by atoms with Gasteiger partial charge in [-0.15, -0.1) is 0 Å². The molecule has 1 aromatic heterocycles. The molecule has 0 saturated heterocycles. The Kier molecular flexibility index (Phi) is 4.24. The standard InChI is InChI=1S/C8H12N4O4S/c1-2-5-16-8(13)12(17(9,14)15)7-11-4-3-10-6-11/h2-4,6H,1,5,7H2,(H2,9,14,15). The second kappa shape index (κ2) is 5.46. The van der Waals surface area contributed by atoms with E-state index in [4.69, 9.17) is 5.14 Å². The average molecular weight is 260 g/mol. The molecule has 0 aliphatic rings. The van der Waals surface area contributed by atoms with Gasteiger partial charge in [0.25, 0.3) is 0 Å². The van der Waals surface area contributed by atoms with Gasteiger partial charge in [-0.05, 0) is 0 Å². The van der Waals surface area contributed by atoms with Crippen LogP contribution < -0.4 is 5.14 Å². The van der Waals surface area contributed by atoms with Crippen LogP contribution in [0.1, 0.15) is 0 Å². The molecule has 0 spiro atoms. The minimum Gasteiger partial charge on any atom is -0.444 e. The van der Waals surface area contributed by atoms with E-state index in [1.807, 2.05) is 0 Å². The fourth-order valence-corrected chi connectivity index (χ4v) is 1.52. The van der Waals surface area contributed by atoms with Gasteiger partial charge in [0, 0.05) is 12.4 Å².